The Kier molecular flexibility index (Phi) is 5.89. The van der Waals surface area contributed by atoms with Crippen molar-refractivity contribution >= 4 is 0 Å². The molecule has 106 valence electrons. The summed E-state index contributed by atoms with van der Waals surface area (Å²) >= 11 is 0. The van der Waals surface area contributed by atoms with Gasteiger partial charge in [0.05, 0.1) is 18.8 Å². The van der Waals surface area contributed by atoms with E-state index in [1.807, 2.05) is 7.11 Å². The lowest BCUT2D eigenvalue weighted by Gasteiger charge is -2.45. The lowest BCUT2D eigenvalue weighted by molar-refractivity contribution is -0.113. The number of unbranched alkanes of at least 4 members (excludes halogenated alkanes) is 2. The molecule has 3 unspecified atom stereocenters. The van der Waals surface area contributed by atoms with Crippen LogP contribution >= 0.6 is 0 Å². The van der Waals surface area contributed by atoms with E-state index in [0.29, 0.717) is 24.9 Å². The van der Waals surface area contributed by atoms with Gasteiger partial charge in [0.25, 0.3) is 0 Å². The summed E-state index contributed by atoms with van der Waals surface area (Å²) in [5.41, 5.74) is 0. The van der Waals surface area contributed by atoms with Crippen molar-refractivity contribution in [2.75, 3.05) is 33.4 Å². The van der Waals surface area contributed by atoms with Crippen molar-refractivity contribution in [3.63, 3.8) is 0 Å². The number of rotatable bonds is 6. The first-order valence-corrected chi connectivity index (χ1v) is 7.34. The van der Waals surface area contributed by atoms with Gasteiger partial charge in [-0.2, -0.15) is 0 Å². The second-order valence-electron chi connectivity index (χ2n) is 5.47. The maximum atomic E-state index is 8.81. The highest BCUT2D eigenvalue weighted by Gasteiger charge is 2.37. The number of morpholine rings is 1. The quantitative estimate of drug-likeness (QED) is 0.731. The van der Waals surface area contributed by atoms with Gasteiger partial charge in [0.15, 0.2) is 0 Å². The van der Waals surface area contributed by atoms with Gasteiger partial charge in [0, 0.05) is 26.3 Å². The zero-order chi connectivity index (χ0) is 12.8. The van der Waals surface area contributed by atoms with Crippen molar-refractivity contribution in [2.45, 2.75) is 56.8 Å². The van der Waals surface area contributed by atoms with Gasteiger partial charge in [-0.25, -0.2) is 0 Å². The number of methoxy groups -OCH3 is 1. The fourth-order valence-corrected chi connectivity index (χ4v) is 3.24. The lowest BCUT2D eigenvalue weighted by Crippen LogP contribution is -2.55. The molecule has 2 fully saturated rings. The minimum Gasteiger partial charge on any atom is -0.396 e. The first-order chi connectivity index (χ1) is 8.85. The Morgan fingerprint density at radius 3 is 2.94 bits per heavy atom. The highest BCUT2D eigenvalue weighted by Crippen LogP contribution is 2.30. The van der Waals surface area contributed by atoms with Gasteiger partial charge in [-0.1, -0.05) is 0 Å². The third kappa shape index (κ3) is 3.67. The minimum absolute atomic E-state index is 0.320. The average Bonchev–Trinajstić information content (AvgIpc) is 2.43. The molecule has 2 aliphatic rings. The Labute approximate surface area is 110 Å². The van der Waals surface area contributed by atoms with Crippen molar-refractivity contribution in [3.05, 3.63) is 0 Å². The summed E-state index contributed by atoms with van der Waals surface area (Å²) in [7, 11) is 1.82. The molecular formula is C14H27NO3. The molecule has 1 aliphatic carbocycles. The molecule has 2 rings (SSSR count). The van der Waals surface area contributed by atoms with Crippen LogP contribution in [0.5, 0.6) is 0 Å². The Morgan fingerprint density at radius 1 is 1.28 bits per heavy atom. The summed E-state index contributed by atoms with van der Waals surface area (Å²) < 4.78 is 11.4. The van der Waals surface area contributed by atoms with E-state index in [1.54, 1.807) is 0 Å². The summed E-state index contributed by atoms with van der Waals surface area (Å²) in [5, 5.41) is 8.81. The Morgan fingerprint density at radius 2 is 2.17 bits per heavy atom. The smallest absolute Gasteiger partial charge is 0.0732 e. The summed E-state index contributed by atoms with van der Waals surface area (Å²) in [4.78, 5) is 2.58. The summed E-state index contributed by atoms with van der Waals surface area (Å²) in [6.07, 6.45) is 7.45. The standard InChI is InChI=1S/C14H27NO3/c1-17-12-5-6-14-13(11-12)15(8-10-18-14)7-3-2-4-9-16/h12-14,16H,2-11H2,1H3. The molecule has 1 saturated carbocycles. The number of aliphatic hydroxyl groups excluding tert-OH is 1. The largest absolute Gasteiger partial charge is 0.396 e. The van der Waals surface area contributed by atoms with E-state index in [4.69, 9.17) is 14.6 Å². The van der Waals surface area contributed by atoms with Crippen LogP contribution in [0.3, 0.4) is 0 Å². The van der Waals surface area contributed by atoms with E-state index in [0.717, 1.165) is 51.8 Å². The van der Waals surface area contributed by atoms with Crippen molar-refractivity contribution in [2.24, 2.45) is 0 Å². The molecule has 0 radical (unpaired) electrons. The van der Waals surface area contributed by atoms with Crippen LogP contribution in [-0.2, 0) is 9.47 Å². The molecule has 1 N–H and O–H groups in total. The molecule has 4 heteroatoms. The minimum atomic E-state index is 0.320. The highest BCUT2D eigenvalue weighted by molar-refractivity contribution is 4.90. The van der Waals surface area contributed by atoms with Gasteiger partial charge in [-0.15, -0.1) is 0 Å². The number of ether oxygens (including phenoxy) is 2. The molecule has 0 aromatic carbocycles. The fraction of sp³-hybridized carbons (Fsp3) is 1.00. The Hall–Kier alpha value is -0.160. The van der Waals surface area contributed by atoms with Gasteiger partial charge in [-0.05, 0) is 45.1 Å². The van der Waals surface area contributed by atoms with Crippen LogP contribution in [0.4, 0.5) is 0 Å². The topological polar surface area (TPSA) is 41.9 Å². The second kappa shape index (κ2) is 7.43. The number of aliphatic hydroxyl groups is 1. The maximum Gasteiger partial charge on any atom is 0.0732 e. The normalized spacial score (nSPS) is 33.3. The third-order valence-corrected chi connectivity index (χ3v) is 4.32. The zero-order valence-corrected chi connectivity index (χ0v) is 11.5. The molecular weight excluding hydrogens is 230 g/mol. The zero-order valence-electron chi connectivity index (χ0n) is 11.5. The van der Waals surface area contributed by atoms with E-state index in [2.05, 4.69) is 4.90 Å². The summed E-state index contributed by atoms with van der Waals surface area (Å²) in [6, 6.07) is 0.548. The van der Waals surface area contributed by atoms with Crippen molar-refractivity contribution in [1.29, 1.82) is 0 Å². The molecule has 0 spiro atoms. The fourth-order valence-electron chi connectivity index (χ4n) is 3.24. The predicted molar refractivity (Wildman–Crippen MR) is 70.7 cm³/mol. The van der Waals surface area contributed by atoms with Gasteiger partial charge in [-0.3, -0.25) is 4.90 Å². The molecule has 1 aliphatic heterocycles. The van der Waals surface area contributed by atoms with Crippen LogP contribution in [-0.4, -0.2) is 61.7 Å². The molecule has 18 heavy (non-hydrogen) atoms. The van der Waals surface area contributed by atoms with Crippen molar-refractivity contribution in [3.8, 4) is 0 Å². The van der Waals surface area contributed by atoms with Gasteiger partial charge >= 0.3 is 0 Å². The van der Waals surface area contributed by atoms with Gasteiger partial charge in [0.1, 0.15) is 0 Å². The van der Waals surface area contributed by atoms with Crippen LogP contribution in [0.2, 0.25) is 0 Å². The first kappa shape index (κ1) is 14.3. The molecule has 1 saturated heterocycles. The third-order valence-electron chi connectivity index (χ3n) is 4.32. The molecule has 0 amide bonds. The molecule has 3 atom stereocenters. The number of hydrogen-bond donors (Lipinski definition) is 1. The van der Waals surface area contributed by atoms with E-state index < -0.39 is 0 Å². The Bertz CT molecular complexity index is 237. The van der Waals surface area contributed by atoms with Crippen molar-refractivity contribution < 1.29 is 14.6 Å². The van der Waals surface area contributed by atoms with Gasteiger partial charge < -0.3 is 14.6 Å². The maximum absolute atomic E-state index is 8.81. The lowest BCUT2D eigenvalue weighted by atomic mass is 9.88. The highest BCUT2D eigenvalue weighted by atomic mass is 16.5. The number of nitrogens with zero attached hydrogens (tertiary/aromatic N) is 1. The van der Waals surface area contributed by atoms with Crippen LogP contribution in [0.1, 0.15) is 38.5 Å². The van der Waals surface area contributed by atoms with Crippen LogP contribution in [0, 0.1) is 0 Å². The summed E-state index contributed by atoms with van der Waals surface area (Å²) in [6.45, 7) is 3.39. The average molecular weight is 257 g/mol. The van der Waals surface area contributed by atoms with Crippen LogP contribution in [0.25, 0.3) is 0 Å². The van der Waals surface area contributed by atoms with Crippen LogP contribution < -0.4 is 0 Å². The van der Waals surface area contributed by atoms with E-state index in [9.17, 15) is 0 Å². The Balaban J connectivity index is 1.80. The molecule has 4 nitrogen and oxygen atoms in total. The predicted octanol–water partition coefficient (Wildman–Crippen LogP) is 1.42. The molecule has 1 heterocycles. The number of hydrogen-bond acceptors (Lipinski definition) is 4. The van der Waals surface area contributed by atoms with E-state index >= 15 is 0 Å². The summed E-state index contributed by atoms with van der Waals surface area (Å²) in [5.74, 6) is 0. The number of fused-ring (bicyclic) bond motifs is 1. The van der Waals surface area contributed by atoms with Crippen LogP contribution in [0.15, 0.2) is 0 Å². The molecule has 0 aromatic heterocycles. The van der Waals surface area contributed by atoms with Gasteiger partial charge in [0.2, 0.25) is 0 Å². The first-order valence-electron chi connectivity index (χ1n) is 7.34. The monoisotopic (exact) mass is 257 g/mol. The molecule has 0 aromatic rings. The van der Waals surface area contributed by atoms with E-state index in [1.165, 1.54) is 6.42 Å². The van der Waals surface area contributed by atoms with E-state index in [-0.39, 0.29) is 0 Å². The second-order valence-corrected chi connectivity index (χ2v) is 5.47. The van der Waals surface area contributed by atoms with Crippen molar-refractivity contribution in [1.82, 2.24) is 4.90 Å². The SMILES string of the molecule is COC1CCC2OCCN(CCCCCO)C2C1. The molecule has 0 bridgehead atoms.